The Labute approximate surface area is 177 Å². The first-order valence-electron chi connectivity index (χ1n) is 9.89. The SMILES string of the molecule is CCC(C)N(Cc1cccc(Oc2ccccc2)c1)C(=O)C(Cl)c1ccccc1. The lowest BCUT2D eigenvalue weighted by Crippen LogP contribution is -2.39. The summed E-state index contributed by atoms with van der Waals surface area (Å²) in [6.07, 6.45) is 0.852. The van der Waals surface area contributed by atoms with Crippen molar-refractivity contribution in [2.24, 2.45) is 0 Å². The molecule has 0 aliphatic carbocycles. The van der Waals surface area contributed by atoms with E-state index < -0.39 is 5.38 Å². The predicted molar refractivity (Wildman–Crippen MR) is 118 cm³/mol. The van der Waals surface area contributed by atoms with Crippen molar-refractivity contribution in [1.29, 1.82) is 0 Å². The van der Waals surface area contributed by atoms with Crippen LogP contribution < -0.4 is 4.74 Å². The lowest BCUT2D eigenvalue weighted by atomic mass is 10.1. The summed E-state index contributed by atoms with van der Waals surface area (Å²) in [5.41, 5.74) is 1.82. The molecule has 0 saturated carbocycles. The zero-order valence-corrected chi connectivity index (χ0v) is 17.5. The summed E-state index contributed by atoms with van der Waals surface area (Å²) < 4.78 is 5.94. The number of nitrogens with zero attached hydrogens (tertiary/aromatic N) is 1. The van der Waals surface area contributed by atoms with Gasteiger partial charge in [-0.25, -0.2) is 0 Å². The van der Waals surface area contributed by atoms with Gasteiger partial charge in [0.15, 0.2) is 0 Å². The van der Waals surface area contributed by atoms with E-state index in [0.29, 0.717) is 6.54 Å². The Balaban J connectivity index is 1.78. The predicted octanol–water partition coefficient (Wildman–Crippen LogP) is 6.59. The molecule has 0 aliphatic rings. The van der Waals surface area contributed by atoms with Crippen LogP contribution in [0.4, 0.5) is 0 Å². The van der Waals surface area contributed by atoms with E-state index in [9.17, 15) is 4.79 Å². The number of hydrogen-bond donors (Lipinski definition) is 0. The van der Waals surface area contributed by atoms with Crippen LogP contribution in [0.2, 0.25) is 0 Å². The second-order valence-corrected chi connectivity index (χ2v) is 7.50. The van der Waals surface area contributed by atoms with Gasteiger partial charge in [0.05, 0.1) is 0 Å². The molecule has 0 saturated heterocycles. The molecule has 0 aliphatic heterocycles. The van der Waals surface area contributed by atoms with E-state index in [1.165, 1.54) is 0 Å². The normalized spacial score (nSPS) is 12.8. The van der Waals surface area contributed by atoms with Crippen LogP contribution in [-0.2, 0) is 11.3 Å². The van der Waals surface area contributed by atoms with Crippen LogP contribution >= 0.6 is 11.6 Å². The maximum absolute atomic E-state index is 13.2. The number of benzene rings is 3. The minimum absolute atomic E-state index is 0.0751. The highest BCUT2D eigenvalue weighted by Gasteiger charge is 2.27. The number of hydrogen-bond acceptors (Lipinski definition) is 2. The highest BCUT2D eigenvalue weighted by molar-refractivity contribution is 6.30. The fourth-order valence-corrected chi connectivity index (χ4v) is 3.38. The Morgan fingerprint density at radius 1 is 0.931 bits per heavy atom. The molecular formula is C25H26ClNO2. The summed E-state index contributed by atoms with van der Waals surface area (Å²) >= 11 is 6.54. The van der Waals surface area contributed by atoms with Crippen LogP contribution in [0.5, 0.6) is 11.5 Å². The second-order valence-electron chi connectivity index (χ2n) is 7.06. The first-order chi connectivity index (χ1) is 14.1. The molecule has 0 bridgehead atoms. The second kappa shape index (κ2) is 10.1. The molecule has 3 nitrogen and oxygen atoms in total. The van der Waals surface area contributed by atoms with Crippen molar-refractivity contribution in [3.05, 3.63) is 96.1 Å². The average Bonchev–Trinajstić information content (AvgIpc) is 2.77. The lowest BCUT2D eigenvalue weighted by molar-refractivity contribution is -0.133. The van der Waals surface area contributed by atoms with Crippen molar-refractivity contribution < 1.29 is 9.53 Å². The lowest BCUT2D eigenvalue weighted by Gasteiger charge is -2.30. The Bertz CT molecular complexity index is 914. The summed E-state index contributed by atoms with van der Waals surface area (Å²) in [7, 11) is 0. The highest BCUT2D eigenvalue weighted by Crippen LogP contribution is 2.27. The van der Waals surface area contributed by atoms with Crippen molar-refractivity contribution in [1.82, 2.24) is 4.90 Å². The highest BCUT2D eigenvalue weighted by atomic mass is 35.5. The molecule has 2 atom stereocenters. The monoisotopic (exact) mass is 407 g/mol. The number of alkyl halides is 1. The van der Waals surface area contributed by atoms with Crippen LogP contribution in [0.25, 0.3) is 0 Å². The zero-order chi connectivity index (χ0) is 20.6. The molecule has 0 heterocycles. The van der Waals surface area contributed by atoms with Gasteiger partial charge in [-0.15, -0.1) is 11.6 Å². The molecule has 4 heteroatoms. The molecule has 0 fully saturated rings. The van der Waals surface area contributed by atoms with Crippen LogP contribution in [0.1, 0.15) is 36.8 Å². The van der Waals surface area contributed by atoms with E-state index in [4.69, 9.17) is 16.3 Å². The molecule has 3 aromatic carbocycles. The van der Waals surface area contributed by atoms with Gasteiger partial charge in [0, 0.05) is 12.6 Å². The maximum atomic E-state index is 13.2. The quantitative estimate of drug-likeness (QED) is 0.394. The van der Waals surface area contributed by atoms with E-state index in [1.54, 1.807) is 0 Å². The first kappa shape index (κ1) is 20.9. The molecule has 150 valence electrons. The molecule has 1 amide bonds. The Morgan fingerprint density at radius 2 is 1.55 bits per heavy atom. The molecule has 2 unspecified atom stereocenters. The summed E-state index contributed by atoms with van der Waals surface area (Å²) in [6.45, 7) is 4.61. The van der Waals surface area contributed by atoms with E-state index in [2.05, 4.69) is 13.8 Å². The fraction of sp³-hybridized carbons (Fsp3) is 0.240. The van der Waals surface area contributed by atoms with Gasteiger partial charge in [-0.05, 0) is 48.7 Å². The molecule has 0 N–H and O–H groups in total. The van der Waals surface area contributed by atoms with Crippen molar-refractivity contribution >= 4 is 17.5 Å². The van der Waals surface area contributed by atoms with Gasteiger partial charge in [0.2, 0.25) is 5.91 Å². The standard InChI is InChI=1S/C25H26ClNO2/c1-3-19(2)27(25(28)24(26)21-12-6-4-7-13-21)18-20-11-10-16-23(17-20)29-22-14-8-5-9-15-22/h4-17,19,24H,3,18H2,1-2H3. The van der Waals surface area contributed by atoms with E-state index >= 15 is 0 Å². The van der Waals surface area contributed by atoms with E-state index in [0.717, 1.165) is 29.0 Å². The Hall–Kier alpha value is -2.78. The summed E-state index contributed by atoms with van der Waals surface area (Å²) in [5.74, 6) is 1.45. The molecule has 3 aromatic rings. The van der Waals surface area contributed by atoms with Crippen LogP contribution in [-0.4, -0.2) is 16.8 Å². The van der Waals surface area contributed by atoms with Gasteiger partial charge >= 0.3 is 0 Å². The summed E-state index contributed by atoms with van der Waals surface area (Å²) in [5, 5.41) is -0.700. The topological polar surface area (TPSA) is 29.5 Å². The van der Waals surface area contributed by atoms with Gasteiger partial charge in [-0.3, -0.25) is 4.79 Å². The fourth-order valence-electron chi connectivity index (χ4n) is 3.11. The van der Waals surface area contributed by atoms with Gasteiger partial charge in [0.1, 0.15) is 16.9 Å². The Morgan fingerprint density at radius 3 is 2.21 bits per heavy atom. The molecule has 0 radical (unpaired) electrons. The number of carbonyl (C=O) groups is 1. The molecular weight excluding hydrogens is 382 g/mol. The van der Waals surface area contributed by atoms with Gasteiger partial charge in [-0.1, -0.05) is 67.6 Å². The van der Waals surface area contributed by atoms with Crippen LogP contribution in [0.15, 0.2) is 84.9 Å². The van der Waals surface area contributed by atoms with Gasteiger partial charge in [0.25, 0.3) is 0 Å². The molecule has 0 spiro atoms. The zero-order valence-electron chi connectivity index (χ0n) is 16.8. The molecule has 3 rings (SSSR count). The number of rotatable bonds is 8. The number of ether oxygens (including phenoxy) is 1. The Kier molecular flexibility index (Phi) is 7.31. The first-order valence-corrected chi connectivity index (χ1v) is 10.3. The number of halogens is 1. The number of amides is 1. The largest absolute Gasteiger partial charge is 0.457 e. The third kappa shape index (κ3) is 5.61. The maximum Gasteiger partial charge on any atom is 0.245 e. The van der Waals surface area contributed by atoms with Gasteiger partial charge in [-0.2, -0.15) is 0 Å². The molecule has 29 heavy (non-hydrogen) atoms. The van der Waals surface area contributed by atoms with Crippen molar-refractivity contribution in [2.75, 3.05) is 0 Å². The number of carbonyl (C=O) groups excluding carboxylic acids is 1. The van der Waals surface area contributed by atoms with Crippen molar-refractivity contribution in [3.8, 4) is 11.5 Å². The third-order valence-electron chi connectivity index (χ3n) is 4.95. The van der Waals surface area contributed by atoms with Crippen molar-refractivity contribution in [2.45, 2.75) is 38.2 Å². The minimum Gasteiger partial charge on any atom is -0.457 e. The van der Waals surface area contributed by atoms with Crippen LogP contribution in [0.3, 0.4) is 0 Å². The summed E-state index contributed by atoms with van der Waals surface area (Å²) in [4.78, 5) is 15.0. The van der Waals surface area contributed by atoms with E-state index in [1.807, 2.05) is 89.8 Å². The van der Waals surface area contributed by atoms with E-state index in [-0.39, 0.29) is 11.9 Å². The van der Waals surface area contributed by atoms with Crippen LogP contribution in [0, 0.1) is 0 Å². The third-order valence-corrected chi connectivity index (χ3v) is 5.38. The summed E-state index contributed by atoms with van der Waals surface area (Å²) in [6, 6.07) is 27.1. The smallest absolute Gasteiger partial charge is 0.245 e. The molecule has 0 aromatic heterocycles. The van der Waals surface area contributed by atoms with Gasteiger partial charge < -0.3 is 9.64 Å². The average molecular weight is 408 g/mol. The minimum atomic E-state index is -0.700. The van der Waals surface area contributed by atoms with Crippen molar-refractivity contribution in [3.63, 3.8) is 0 Å². The number of para-hydroxylation sites is 1.